The zero-order chi connectivity index (χ0) is 13.2. The van der Waals surface area contributed by atoms with Gasteiger partial charge in [0.1, 0.15) is 12.6 Å². The first-order chi connectivity index (χ1) is 7.79. The van der Waals surface area contributed by atoms with Crippen LogP contribution in [0.4, 0.5) is 0 Å². The van der Waals surface area contributed by atoms with Gasteiger partial charge >= 0.3 is 0 Å². The van der Waals surface area contributed by atoms with Crippen LogP contribution < -0.4 is 10.6 Å². The Morgan fingerprint density at radius 3 is 2.65 bits per heavy atom. The average molecular weight is 241 g/mol. The Morgan fingerprint density at radius 2 is 2.12 bits per heavy atom. The van der Waals surface area contributed by atoms with Crippen molar-refractivity contribution in [3.63, 3.8) is 0 Å². The first-order valence-electron chi connectivity index (χ1n) is 5.69. The first kappa shape index (κ1) is 13.6. The number of imide groups is 1. The maximum atomic E-state index is 12.2. The van der Waals surface area contributed by atoms with Gasteiger partial charge in [-0.15, -0.1) is 0 Å². The molecule has 0 spiro atoms. The summed E-state index contributed by atoms with van der Waals surface area (Å²) in [7, 11) is 0. The van der Waals surface area contributed by atoms with Crippen LogP contribution in [0.15, 0.2) is 0 Å². The van der Waals surface area contributed by atoms with Crippen LogP contribution in [0.5, 0.6) is 0 Å². The van der Waals surface area contributed by atoms with Crippen LogP contribution in [-0.4, -0.2) is 47.3 Å². The summed E-state index contributed by atoms with van der Waals surface area (Å²) >= 11 is 0. The number of nitrogens with one attached hydrogen (secondary N) is 2. The van der Waals surface area contributed by atoms with Gasteiger partial charge in [0.25, 0.3) is 0 Å². The summed E-state index contributed by atoms with van der Waals surface area (Å²) in [6.45, 7) is 7.56. The second kappa shape index (κ2) is 4.83. The van der Waals surface area contributed by atoms with E-state index in [0.29, 0.717) is 6.54 Å². The van der Waals surface area contributed by atoms with Crippen molar-refractivity contribution < 1.29 is 14.4 Å². The number of amides is 3. The molecular formula is C11H19N3O3. The molecule has 6 heteroatoms. The van der Waals surface area contributed by atoms with Crippen molar-refractivity contribution in [3.05, 3.63) is 0 Å². The third-order valence-corrected chi connectivity index (χ3v) is 2.84. The molecule has 1 aliphatic heterocycles. The van der Waals surface area contributed by atoms with Crippen LogP contribution in [-0.2, 0) is 14.4 Å². The maximum Gasteiger partial charge on any atom is 0.249 e. The zero-order valence-corrected chi connectivity index (χ0v) is 10.7. The number of rotatable bonds is 3. The summed E-state index contributed by atoms with van der Waals surface area (Å²) in [4.78, 5) is 36.3. The third kappa shape index (κ3) is 2.82. The molecule has 0 aromatic carbocycles. The van der Waals surface area contributed by atoms with E-state index in [2.05, 4.69) is 10.6 Å². The van der Waals surface area contributed by atoms with Crippen LogP contribution in [0.25, 0.3) is 0 Å². The molecule has 0 aromatic rings. The van der Waals surface area contributed by atoms with E-state index in [4.69, 9.17) is 0 Å². The molecule has 1 fully saturated rings. The van der Waals surface area contributed by atoms with Gasteiger partial charge in [-0.1, -0.05) is 6.92 Å². The standard InChI is InChI=1S/C11H19N3O3/c1-5-12-11(3,4)10(17)14-6-8(15)13-9(16)7(14)2/h7,12H,5-6H2,1-4H3,(H,13,15,16). The number of nitrogens with zero attached hydrogens (tertiary/aromatic N) is 1. The third-order valence-electron chi connectivity index (χ3n) is 2.84. The molecule has 6 nitrogen and oxygen atoms in total. The topological polar surface area (TPSA) is 78.5 Å². The van der Waals surface area contributed by atoms with Crippen LogP contribution in [0.2, 0.25) is 0 Å². The number of hydrogen-bond acceptors (Lipinski definition) is 4. The molecule has 3 amide bonds. The molecule has 1 saturated heterocycles. The lowest BCUT2D eigenvalue weighted by atomic mass is 10.0. The molecule has 2 N–H and O–H groups in total. The number of hydrogen-bond donors (Lipinski definition) is 2. The number of likely N-dealkylation sites (N-methyl/N-ethyl adjacent to an activating group) is 1. The quantitative estimate of drug-likeness (QED) is 0.637. The van der Waals surface area contributed by atoms with Crippen molar-refractivity contribution in [2.45, 2.75) is 39.3 Å². The van der Waals surface area contributed by atoms with Crippen molar-refractivity contribution in [1.29, 1.82) is 0 Å². The van der Waals surface area contributed by atoms with E-state index in [-0.39, 0.29) is 12.5 Å². The lowest BCUT2D eigenvalue weighted by Crippen LogP contribution is -2.64. The summed E-state index contributed by atoms with van der Waals surface area (Å²) in [6, 6.07) is -0.613. The Bertz CT molecular complexity index is 352. The van der Waals surface area contributed by atoms with Crippen LogP contribution in [0.3, 0.4) is 0 Å². The van der Waals surface area contributed by atoms with Gasteiger partial charge < -0.3 is 10.2 Å². The predicted molar refractivity (Wildman–Crippen MR) is 62.1 cm³/mol. The molecule has 0 aromatic heterocycles. The second-order valence-corrected chi connectivity index (χ2v) is 4.68. The van der Waals surface area contributed by atoms with Gasteiger partial charge in [0.2, 0.25) is 17.7 Å². The van der Waals surface area contributed by atoms with Gasteiger partial charge in [-0.2, -0.15) is 0 Å². The molecule has 96 valence electrons. The molecule has 0 aliphatic carbocycles. The molecule has 0 bridgehead atoms. The average Bonchev–Trinajstić information content (AvgIpc) is 2.22. The summed E-state index contributed by atoms with van der Waals surface area (Å²) in [5.41, 5.74) is -0.777. The smallest absolute Gasteiger partial charge is 0.249 e. The van der Waals surface area contributed by atoms with E-state index in [0.717, 1.165) is 0 Å². The SMILES string of the molecule is CCNC(C)(C)C(=O)N1CC(=O)NC(=O)C1C. The molecule has 1 aliphatic rings. The van der Waals surface area contributed by atoms with Gasteiger partial charge in [-0.05, 0) is 27.3 Å². The lowest BCUT2D eigenvalue weighted by Gasteiger charge is -2.37. The summed E-state index contributed by atoms with van der Waals surface area (Å²) in [6.07, 6.45) is 0. The highest BCUT2D eigenvalue weighted by Crippen LogP contribution is 2.13. The van der Waals surface area contributed by atoms with Crippen molar-refractivity contribution in [2.75, 3.05) is 13.1 Å². The highest BCUT2D eigenvalue weighted by atomic mass is 16.2. The van der Waals surface area contributed by atoms with E-state index >= 15 is 0 Å². The van der Waals surface area contributed by atoms with Crippen LogP contribution in [0.1, 0.15) is 27.7 Å². The number of carbonyl (C=O) groups excluding carboxylic acids is 3. The Kier molecular flexibility index (Phi) is 3.87. The second-order valence-electron chi connectivity index (χ2n) is 4.68. The highest BCUT2D eigenvalue weighted by molar-refractivity contribution is 6.05. The van der Waals surface area contributed by atoms with Crippen LogP contribution >= 0.6 is 0 Å². The van der Waals surface area contributed by atoms with Crippen molar-refractivity contribution in [2.24, 2.45) is 0 Å². The molecule has 17 heavy (non-hydrogen) atoms. The minimum absolute atomic E-state index is 0.0689. The van der Waals surface area contributed by atoms with E-state index in [1.54, 1.807) is 20.8 Å². The van der Waals surface area contributed by atoms with Gasteiger partial charge in [0.05, 0.1) is 5.54 Å². The highest BCUT2D eigenvalue weighted by Gasteiger charge is 2.39. The molecule has 0 radical (unpaired) electrons. The summed E-state index contributed by atoms with van der Waals surface area (Å²) in [5.74, 6) is -1.11. The summed E-state index contributed by atoms with van der Waals surface area (Å²) in [5, 5.41) is 5.24. The fraction of sp³-hybridized carbons (Fsp3) is 0.727. The largest absolute Gasteiger partial charge is 0.320 e. The van der Waals surface area contributed by atoms with Gasteiger partial charge in [-0.25, -0.2) is 0 Å². The normalized spacial score (nSPS) is 21.4. The van der Waals surface area contributed by atoms with Crippen LogP contribution in [0, 0.1) is 0 Å². The Morgan fingerprint density at radius 1 is 1.53 bits per heavy atom. The molecule has 1 heterocycles. The number of piperazine rings is 1. The van der Waals surface area contributed by atoms with Gasteiger partial charge in [0, 0.05) is 0 Å². The maximum absolute atomic E-state index is 12.2. The Hall–Kier alpha value is -1.43. The Balaban J connectivity index is 2.87. The van der Waals surface area contributed by atoms with E-state index in [1.807, 2.05) is 6.92 Å². The van der Waals surface area contributed by atoms with Crippen molar-refractivity contribution in [1.82, 2.24) is 15.5 Å². The van der Waals surface area contributed by atoms with E-state index < -0.39 is 23.4 Å². The fourth-order valence-electron chi connectivity index (χ4n) is 1.84. The van der Waals surface area contributed by atoms with E-state index in [9.17, 15) is 14.4 Å². The van der Waals surface area contributed by atoms with Gasteiger partial charge in [-0.3, -0.25) is 19.7 Å². The lowest BCUT2D eigenvalue weighted by molar-refractivity contribution is -0.152. The van der Waals surface area contributed by atoms with Gasteiger partial charge in [0.15, 0.2) is 0 Å². The molecule has 0 saturated carbocycles. The summed E-state index contributed by atoms with van der Waals surface area (Å²) < 4.78 is 0. The fourth-order valence-corrected chi connectivity index (χ4v) is 1.84. The first-order valence-corrected chi connectivity index (χ1v) is 5.69. The van der Waals surface area contributed by atoms with Crippen molar-refractivity contribution in [3.8, 4) is 0 Å². The minimum Gasteiger partial charge on any atom is -0.320 e. The molecule has 1 rings (SSSR count). The molecular weight excluding hydrogens is 222 g/mol. The molecule has 1 unspecified atom stereocenters. The van der Waals surface area contributed by atoms with Crippen molar-refractivity contribution >= 4 is 17.7 Å². The Labute approximate surface area is 101 Å². The zero-order valence-electron chi connectivity index (χ0n) is 10.7. The number of carbonyl (C=O) groups is 3. The molecule has 1 atom stereocenters. The minimum atomic E-state index is -0.777. The monoisotopic (exact) mass is 241 g/mol. The van der Waals surface area contributed by atoms with E-state index in [1.165, 1.54) is 4.90 Å². The predicted octanol–water partition coefficient (Wildman–Crippen LogP) is -0.752.